The van der Waals surface area contributed by atoms with Crippen molar-refractivity contribution in [1.82, 2.24) is 14.3 Å². The van der Waals surface area contributed by atoms with Gasteiger partial charge in [0, 0.05) is 12.6 Å². The fraction of sp³-hybridized carbons (Fsp3) is 0.160. The van der Waals surface area contributed by atoms with Crippen molar-refractivity contribution in [2.75, 3.05) is 0 Å². The maximum atomic E-state index is 12.7. The fourth-order valence-corrected chi connectivity index (χ4v) is 4.13. The Hall–Kier alpha value is -4.13. The summed E-state index contributed by atoms with van der Waals surface area (Å²) in [5.41, 5.74) is 2.71. The zero-order chi connectivity index (χ0) is 22.2. The van der Waals surface area contributed by atoms with Crippen LogP contribution in [0.5, 0.6) is 0 Å². The highest BCUT2D eigenvalue weighted by molar-refractivity contribution is 5.98. The molecule has 1 aromatic heterocycles. The van der Waals surface area contributed by atoms with Gasteiger partial charge in [0.15, 0.2) is 6.10 Å². The third-order valence-electron chi connectivity index (χ3n) is 5.86. The van der Waals surface area contributed by atoms with E-state index in [1.807, 2.05) is 85.8 Å². The van der Waals surface area contributed by atoms with E-state index in [0.29, 0.717) is 0 Å². The first-order valence-corrected chi connectivity index (χ1v) is 10.4. The lowest BCUT2D eigenvalue weighted by atomic mass is 9.87. The van der Waals surface area contributed by atoms with E-state index < -0.39 is 23.5 Å². The number of aromatic nitrogens is 3. The summed E-state index contributed by atoms with van der Waals surface area (Å²) in [4.78, 5) is 30.7. The number of hydrogen-bond donors (Lipinski definition) is 1. The summed E-state index contributed by atoms with van der Waals surface area (Å²) >= 11 is 0. The number of aromatic amines is 1. The average Bonchev–Trinajstić information content (AvgIpc) is 3.09. The number of fused-ring (bicyclic) bond motifs is 3. The fourth-order valence-electron chi connectivity index (χ4n) is 4.13. The van der Waals surface area contributed by atoms with Crippen molar-refractivity contribution in [2.45, 2.75) is 19.1 Å². The van der Waals surface area contributed by atoms with Gasteiger partial charge in [-0.3, -0.25) is 0 Å². The van der Waals surface area contributed by atoms with Crippen molar-refractivity contribution in [3.63, 3.8) is 0 Å². The van der Waals surface area contributed by atoms with Gasteiger partial charge in [-0.15, -0.1) is 0 Å². The minimum absolute atomic E-state index is 0.402. The summed E-state index contributed by atoms with van der Waals surface area (Å²) < 4.78 is 2.42. The minimum atomic E-state index is -0.462. The predicted octanol–water partition coefficient (Wildman–Crippen LogP) is 3.67. The average molecular weight is 426 g/mol. The van der Waals surface area contributed by atoms with Gasteiger partial charge in [-0.2, -0.15) is 0 Å². The molecule has 1 aliphatic carbocycles. The SMILES string of the molecule is C/C(=N\O[C@H]1C=C[C@@H](n2[nH]c(=O)n(C)c2=O)c2c1ccc1ccccc21)c1ccccc1. The number of rotatable bonds is 4. The summed E-state index contributed by atoms with van der Waals surface area (Å²) in [6, 6.07) is 21.4. The molecule has 5 rings (SSSR count). The van der Waals surface area contributed by atoms with Crippen LogP contribution in [0, 0.1) is 0 Å². The van der Waals surface area contributed by atoms with Crippen LogP contribution >= 0.6 is 0 Å². The van der Waals surface area contributed by atoms with Gasteiger partial charge < -0.3 is 4.84 Å². The third kappa shape index (κ3) is 3.28. The first-order chi connectivity index (χ1) is 15.5. The van der Waals surface area contributed by atoms with E-state index in [0.717, 1.165) is 37.7 Å². The number of oxime groups is 1. The predicted molar refractivity (Wildman–Crippen MR) is 124 cm³/mol. The van der Waals surface area contributed by atoms with E-state index >= 15 is 0 Å². The van der Waals surface area contributed by atoms with Crippen LogP contribution in [0.15, 0.2) is 93.6 Å². The molecule has 4 aromatic rings. The summed E-state index contributed by atoms with van der Waals surface area (Å²) in [7, 11) is 1.46. The van der Waals surface area contributed by atoms with Gasteiger partial charge in [0.2, 0.25) is 0 Å². The van der Waals surface area contributed by atoms with Crippen LogP contribution in [-0.2, 0) is 11.9 Å². The van der Waals surface area contributed by atoms with Crippen molar-refractivity contribution in [3.05, 3.63) is 117 Å². The highest BCUT2D eigenvalue weighted by atomic mass is 16.6. The van der Waals surface area contributed by atoms with E-state index in [4.69, 9.17) is 4.84 Å². The second kappa shape index (κ2) is 7.85. The van der Waals surface area contributed by atoms with Gasteiger partial charge in [0.1, 0.15) is 0 Å². The molecule has 1 N–H and O–H groups in total. The third-order valence-corrected chi connectivity index (χ3v) is 5.86. The lowest BCUT2D eigenvalue weighted by molar-refractivity contribution is 0.0901. The summed E-state index contributed by atoms with van der Waals surface area (Å²) in [6.07, 6.45) is 3.33. The van der Waals surface area contributed by atoms with Crippen LogP contribution in [0.3, 0.4) is 0 Å². The van der Waals surface area contributed by atoms with Crippen LogP contribution in [0.1, 0.15) is 35.8 Å². The molecule has 0 unspecified atom stereocenters. The van der Waals surface area contributed by atoms with Crippen LogP contribution < -0.4 is 11.4 Å². The molecule has 0 saturated carbocycles. The number of hydrogen-bond acceptors (Lipinski definition) is 4. The summed E-state index contributed by atoms with van der Waals surface area (Å²) in [5, 5.41) is 9.07. The van der Waals surface area contributed by atoms with Crippen molar-refractivity contribution < 1.29 is 4.84 Å². The first-order valence-electron chi connectivity index (χ1n) is 10.4. The molecule has 32 heavy (non-hydrogen) atoms. The summed E-state index contributed by atoms with van der Waals surface area (Å²) in [5.74, 6) is 0. The molecule has 0 amide bonds. The molecule has 0 saturated heterocycles. The zero-order valence-electron chi connectivity index (χ0n) is 17.7. The number of allylic oxidation sites excluding steroid dienone is 1. The van der Waals surface area contributed by atoms with Crippen molar-refractivity contribution in [1.29, 1.82) is 0 Å². The maximum absolute atomic E-state index is 12.7. The molecule has 1 aliphatic rings. The lowest BCUT2D eigenvalue weighted by Gasteiger charge is -2.27. The van der Waals surface area contributed by atoms with Crippen LogP contribution in [0.2, 0.25) is 0 Å². The largest absolute Gasteiger partial charge is 0.383 e. The normalized spacial score (nSPS) is 18.0. The van der Waals surface area contributed by atoms with Crippen LogP contribution in [0.25, 0.3) is 10.8 Å². The molecular weight excluding hydrogens is 404 g/mol. The molecular formula is C25H22N4O3. The number of H-pyrrole nitrogens is 1. The molecule has 160 valence electrons. The van der Waals surface area contributed by atoms with Crippen molar-refractivity contribution >= 4 is 16.5 Å². The minimum Gasteiger partial charge on any atom is -0.383 e. The Kier molecular flexibility index (Phi) is 4.86. The molecule has 0 radical (unpaired) electrons. The molecule has 0 fully saturated rings. The molecule has 0 bridgehead atoms. The monoisotopic (exact) mass is 426 g/mol. The lowest BCUT2D eigenvalue weighted by Crippen LogP contribution is -2.29. The summed E-state index contributed by atoms with van der Waals surface area (Å²) in [6.45, 7) is 1.90. The molecule has 0 spiro atoms. The Labute approximate surface area is 183 Å². The van der Waals surface area contributed by atoms with Gasteiger partial charge in [-0.05, 0) is 34.9 Å². The second-order valence-corrected chi connectivity index (χ2v) is 7.82. The quantitative estimate of drug-likeness (QED) is 0.307. The Morgan fingerprint density at radius 3 is 2.47 bits per heavy atom. The van der Waals surface area contributed by atoms with E-state index in [-0.39, 0.29) is 0 Å². The van der Waals surface area contributed by atoms with Gasteiger partial charge >= 0.3 is 11.4 Å². The Morgan fingerprint density at radius 2 is 1.72 bits per heavy atom. The first kappa shape index (κ1) is 19.8. The Bertz CT molecular complexity index is 1470. The number of nitrogens with zero attached hydrogens (tertiary/aromatic N) is 3. The van der Waals surface area contributed by atoms with Crippen LogP contribution in [0.4, 0.5) is 0 Å². The van der Waals surface area contributed by atoms with E-state index in [1.165, 1.54) is 11.7 Å². The maximum Gasteiger partial charge on any atom is 0.347 e. The molecule has 0 aliphatic heterocycles. The Morgan fingerprint density at radius 1 is 0.969 bits per heavy atom. The van der Waals surface area contributed by atoms with Gasteiger partial charge in [-0.1, -0.05) is 78.0 Å². The van der Waals surface area contributed by atoms with Crippen LogP contribution in [-0.4, -0.2) is 20.1 Å². The van der Waals surface area contributed by atoms with Gasteiger partial charge in [0.05, 0.1) is 11.8 Å². The van der Waals surface area contributed by atoms with Gasteiger partial charge in [0.25, 0.3) is 0 Å². The number of benzene rings is 3. The van der Waals surface area contributed by atoms with E-state index in [2.05, 4.69) is 10.3 Å². The molecule has 7 nitrogen and oxygen atoms in total. The topological polar surface area (TPSA) is 81.4 Å². The zero-order valence-corrected chi connectivity index (χ0v) is 17.7. The molecule has 7 heteroatoms. The molecule has 1 heterocycles. The highest BCUT2D eigenvalue weighted by Gasteiger charge is 2.29. The van der Waals surface area contributed by atoms with Crippen molar-refractivity contribution in [2.24, 2.45) is 12.2 Å². The Balaban J connectivity index is 1.62. The molecule has 2 atom stereocenters. The van der Waals surface area contributed by atoms with Gasteiger partial charge in [-0.25, -0.2) is 23.9 Å². The smallest absolute Gasteiger partial charge is 0.347 e. The highest BCUT2D eigenvalue weighted by Crippen LogP contribution is 2.39. The molecule has 3 aromatic carbocycles. The van der Waals surface area contributed by atoms with E-state index in [1.54, 1.807) is 0 Å². The standard InChI is InChI=1S/C25H22N4O3/c1-16(17-8-4-3-5-9-17)27-32-22-15-14-21(29-25(31)28(2)24(30)26-29)23-19-11-7-6-10-18(19)12-13-20(22)23/h3-15,21-22H,1-2H3,(H,26,30)/b27-16+/t21-,22+/m1/s1. The number of nitrogens with one attached hydrogen (secondary N) is 1. The second-order valence-electron chi connectivity index (χ2n) is 7.82. The van der Waals surface area contributed by atoms with Crippen molar-refractivity contribution in [3.8, 4) is 0 Å². The van der Waals surface area contributed by atoms with E-state index in [9.17, 15) is 9.59 Å².